The van der Waals surface area contributed by atoms with Crippen molar-refractivity contribution in [3.63, 3.8) is 0 Å². The van der Waals surface area contributed by atoms with Gasteiger partial charge in [-0.05, 0) is 55.3 Å². The van der Waals surface area contributed by atoms with E-state index >= 15 is 0 Å². The molecular weight excluding hydrogens is 761 g/mol. The van der Waals surface area contributed by atoms with E-state index in [-0.39, 0.29) is 11.1 Å². The van der Waals surface area contributed by atoms with E-state index in [0.29, 0.717) is 54.8 Å². The summed E-state index contributed by atoms with van der Waals surface area (Å²) in [6.45, 7) is 6.08. The normalized spacial score (nSPS) is 14.2. The third kappa shape index (κ3) is 10.5. The molecule has 2 saturated heterocycles. The van der Waals surface area contributed by atoms with Gasteiger partial charge in [0.05, 0.1) is 76.1 Å². The Bertz CT molecular complexity index is 2180. The Labute approximate surface area is 322 Å². The second-order valence-electron chi connectivity index (χ2n) is 11.9. The molecule has 14 nitrogen and oxygen atoms in total. The van der Waals surface area contributed by atoms with Gasteiger partial charge in [0.2, 0.25) is 0 Å². The summed E-state index contributed by atoms with van der Waals surface area (Å²) in [5.74, 6) is 0.367. The summed E-state index contributed by atoms with van der Waals surface area (Å²) in [5, 5.41) is 14.8. The van der Waals surface area contributed by atoms with E-state index in [1.54, 1.807) is 36.9 Å². The number of thiophene rings is 2. The number of H-pyrrole nitrogens is 4. The molecule has 0 saturated carbocycles. The number of ether oxygens (including phenoxy) is 3. The summed E-state index contributed by atoms with van der Waals surface area (Å²) in [4.78, 5) is 35.3. The second kappa shape index (κ2) is 18.4. The molecule has 6 aromatic heterocycles. The lowest BCUT2D eigenvalue weighted by atomic mass is 10.1. The highest BCUT2D eigenvalue weighted by atomic mass is 35.5. The Morgan fingerprint density at radius 1 is 0.774 bits per heavy atom. The number of hydrogen-bond acceptors (Lipinski definition) is 12. The summed E-state index contributed by atoms with van der Waals surface area (Å²) in [6, 6.07) is 15.0. The van der Waals surface area contributed by atoms with Gasteiger partial charge >= 0.3 is 0 Å². The largest absolute Gasteiger partial charge is 0.487 e. The minimum atomic E-state index is -0.166. The van der Waals surface area contributed by atoms with Crippen LogP contribution >= 0.6 is 45.9 Å². The molecule has 0 spiro atoms. The van der Waals surface area contributed by atoms with Gasteiger partial charge in [0.25, 0.3) is 11.1 Å². The Balaban J connectivity index is 0.000000155. The first-order valence-corrected chi connectivity index (χ1v) is 19.1. The van der Waals surface area contributed by atoms with E-state index < -0.39 is 0 Å². The van der Waals surface area contributed by atoms with Crippen LogP contribution in [0, 0.1) is 0 Å². The van der Waals surface area contributed by atoms with Crippen LogP contribution in [-0.4, -0.2) is 90.1 Å². The van der Waals surface area contributed by atoms with Gasteiger partial charge in [0.15, 0.2) is 5.06 Å². The fraction of sp³-hybridized carbons (Fsp3) is 0.314. The van der Waals surface area contributed by atoms with E-state index in [2.05, 4.69) is 40.2 Å². The number of rotatable bonds is 8. The monoisotopic (exact) mass is 799 g/mol. The maximum absolute atomic E-state index is 12.3. The molecule has 0 bridgehead atoms. The zero-order valence-corrected chi connectivity index (χ0v) is 32.0. The number of pyridine rings is 2. The number of aromatic nitrogens is 6. The predicted octanol–water partition coefficient (Wildman–Crippen LogP) is 5.70. The number of anilines is 3. The molecule has 0 unspecified atom stereocenters. The van der Waals surface area contributed by atoms with Crippen molar-refractivity contribution in [2.75, 3.05) is 75.2 Å². The smallest absolute Gasteiger partial charge is 0.257 e. The van der Waals surface area contributed by atoms with Crippen LogP contribution in [0.25, 0.3) is 22.5 Å². The zero-order valence-electron chi connectivity index (χ0n) is 28.8. The molecule has 2 aliphatic rings. The maximum Gasteiger partial charge on any atom is 0.257 e. The number of nitrogen functional groups attached to an aromatic ring is 1. The second-order valence-corrected chi connectivity index (χ2v) is 15.3. The summed E-state index contributed by atoms with van der Waals surface area (Å²) in [6.07, 6.45) is 5.19. The van der Waals surface area contributed by atoms with E-state index in [0.717, 1.165) is 69.8 Å². The Kier molecular flexibility index (Phi) is 13.3. The highest BCUT2D eigenvalue weighted by Crippen LogP contribution is 2.28. The molecule has 0 aliphatic carbocycles. The van der Waals surface area contributed by atoms with Gasteiger partial charge in [-0.15, -0.1) is 11.3 Å². The topological polar surface area (TPSA) is 183 Å². The molecule has 0 amide bonds. The zero-order chi connectivity index (χ0) is 37.2. The van der Waals surface area contributed by atoms with E-state index in [1.165, 1.54) is 16.2 Å². The Morgan fingerprint density at radius 2 is 1.38 bits per heavy atom. The lowest BCUT2D eigenvalue weighted by Gasteiger charge is -2.28. The maximum atomic E-state index is 12.3. The predicted molar refractivity (Wildman–Crippen MR) is 212 cm³/mol. The summed E-state index contributed by atoms with van der Waals surface area (Å²) < 4.78 is 17.1. The molecule has 2 fully saturated rings. The van der Waals surface area contributed by atoms with Crippen molar-refractivity contribution in [3.8, 4) is 27.6 Å². The van der Waals surface area contributed by atoms with Crippen molar-refractivity contribution >= 4 is 63.1 Å². The fourth-order valence-electron chi connectivity index (χ4n) is 5.60. The third-order valence-electron chi connectivity index (χ3n) is 8.34. The molecule has 8 heterocycles. The molecule has 0 atom stereocenters. The number of nitrogens with two attached hydrogens (primary N) is 1. The molecular formula is C35H39Cl2N9O5S2. The Morgan fingerprint density at radius 3 is 1.91 bits per heavy atom. The quantitative estimate of drug-likeness (QED) is 0.128. The van der Waals surface area contributed by atoms with Crippen LogP contribution in [0.1, 0.15) is 10.6 Å². The van der Waals surface area contributed by atoms with Crippen LogP contribution in [0.15, 0.2) is 70.5 Å². The van der Waals surface area contributed by atoms with Crippen molar-refractivity contribution in [1.82, 2.24) is 30.4 Å². The van der Waals surface area contributed by atoms with Gasteiger partial charge in [-0.1, -0.05) is 34.5 Å². The van der Waals surface area contributed by atoms with E-state index in [4.69, 9.17) is 43.1 Å². The van der Waals surface area contributed by atoms with Crippen molar-refractivity contribution in [2.45, 2.75) is 12.8 Å². The van der Waals surface area contributed by atoms with Crippen LogP contribution < -0.4 is 31.4 Å². The van der Waals surface area contributed by atoms with Crippen LogP contribution in [0.2, 0.25) is 8.67 Å². The highest BCUT2D eigenvalue weighted by molar-refractivity contribution is 7.17. The average Bonchev–Trinajstić information content (AvgIpc) is 4.02. The number of methoxy groups -OCH3 is 1. The molecule has 53 heavy (non-hydrogen) atoms. The lowest BCUT2D eigenvalue weighted by molar-refractivity contribution is 0.122. The van der Waals surface area contributed by atoms with Gasteiger partial charge in [0, 0.05) is 55.2 Å². The average molecular weight is 801 g/mol. The molecule has 8 rings (SSSR count). The van der Waals surface area contributed by atoms with Gasteiger partial charge in [-0.3, -0.25) is 19.8 Å². The van der Waals surface area contributed by atoms with Gasteiger partial charge in [-0.2, -0.15) is 10.2 Å². The number of nitrogens with zero attached hydrogens (tertiary/aromatic N) is 4. The number of aromatic amines is 4. The van der Waals surface area contributed by atoms with Crippen LogP contribution in [0.4, 0.5) is 17.2 Å². The first-order chi connectivity index (χ1) is 25.7. The summed E-state index contributed by atoms with van der Waals surface area (Å²) in [7, 11) is 1.63. The minimum absolute atomic E-state index is 0.134. The van der Waals surface area contributed by atoms with Gasteiger partial charge < -0.3 is 39.7 Å². The lowest BCUT2D eigenvalue weighted by Crippen LogP contribution is -2.36. The van der Waals surface area contributed by atoms with Crippen molar-refractivity contribution < 1.29 is 14.2 Å². The van der Waals surface area contributed by atoms with Crippen molar-refractivity contribution in [2.24, 2.45) is 0 Å². The number of nitrogens with one attached hydrogen (secondary N) is 4. The molecule has 0 aromatic carbocycles. The van der Waals surface area contributed by atoms with Crippen LogP contribution in [-0.2, 0) is 22.3 Å². The van der Waals surface area contributed by atoms with Gasteiger partial charge in [0.1, 0.15) is 5.82 Å². The molecule has 0 radical (unpaired) electrons. The first-order valence-electron chi connectivity index (χ1n) is 16.8. The number of morpholine rings is 2. The standard InChI is InChI=1S/C18H19ClN4O2S.C12H15N5O2.C5H5ClOS/c19-17-4-3-14(26-17)2-1-12-9-16(22-21-12)15-10-13(11-20-18(15)24)23-5-7-25-8-6-23;13-11-6-10(15-16-11)9-5-8(7-14-12(9)18)17-1-3-19-4-2-17;1-7-5-3-2-4(6)8-5/h3-4,9-11H,1-2,5-8H2,(H,20,24)(H,21,22);5-7H,1-4H2,(H,14,18)(H3,13,15,16);2-3H,1H3. The minimum Gasteiger partial charge on any atom is -0.487 e. The third-order valence-corrected chi connectivity index (χ3v) is 10.8. The molecule has 2 aliphatic heterocycles. The number of aryl methyl sites for hydroxylation is 2. The van der Waals surface area contributed by atoms with Crippen molar-refractivity contribution in [1.29, 1.82) is 0 Å². The van der Waals surface area contributed by atoms with Crippen molar-refractivity contribution in [3.05, 3.63) is 101 Å². The Hall–Kier alpha value is -4.58. The van der Waals surface area contributed by atoms with Crippen LogP contribution in [0.5, 0.6) is 5.06 Å². The van der Waals surface area contributed by atoms with Crippen LogP contribution in [0.3, 0.4) is 0 Å². The van der Waals surface area contributed by atoms with E-state index in [9.17, 15) is 9.59 Å². The molecule has 18 heteroatoms. The highest BCUT2D eigenvalue weighted by Gasteiger charge is 2.16. The fourth-order valence-corrected chi connectivity index (χ4v) is 7.52. The summed E-state index contributed by atoms with van der Waals surface area (Å²) >= 11 is 14.6. The first kappa shape index (κ1) is 38.2. The molecule has 6 aromatic rings. The van der Waals surface area contributed by atoms with Gasteiger partial charge in [-0.25, -0.2) is 0 Å². The summed E-state index contributed by atoms with van der Waals surface area (Å²) in [5.41, 5.74) is 10.6. The number of hydrogen-bond donors (Lipinski definition) is 5. The molecule has 280 valence electrons. The molecule has 6 N–H and O–H groups in total. The SMILES string of the molecule is COc1ccc(Cl)s1.Nc1cc(-c2cc(N3CCOCC3)c[nH]c2=O)[nH]n1.O=c1[nH]cc(N2CCOCC2)cc1-c1cc(CCc2ccc(Cl)s2)[nH]n1. The number of halogens is 2. The van der Waals surface area contributed by atoms with E-state index in [1.807, 2.05) is 42.5 Å².